The van der Waals surface area contributed by atoms with Gasteiger partial charge in [0.1, 0.15) is 11.3 Å². The second-order valence-corrected chi connectivity index (χ2v) is 3.35. The van der Waals surface area contributed by atoms with Crippen LogP contribution < -0.4 is 5.43 Å². The number of ether oxygens (including phenoxy) is 1. The molecule has 1 rings (SSSR count). The van der Waals surface area contributed by atoms with Crippen LogP contribution in [0.5, 0.6) is 0 Å². The van der Waals surface area contributed by atoms with E-state index in [4.69, 9.17) is 0 Å². The highest BCUT2D eigenvalue weighted by molar-refractivity contribution is 5.87. The summed E-state index contributed by atoms with van der Waals surface area (Å²) >= 11 is 0. The second kappa shape index (κ2) is 5.37. The molecule has 0 saturated heterocycles. The predicted octanol–water partition coefficient (Wildman–Crippen LogP) is 2.51. The van der Waals surface area contributed by atoms with E-state index in [1.807, 2.05) is 0 Å². The van der Waals surface area contributed by atoms with Crippen molar-refractivity contribution in [3.8, 4) is 0 Å². The maximum absolute atomic E-state index is 12.5. The minimum absolute atomic E-state index is 0.119. The first-order valence-corrected chi connectivity index (χ1v) is 4.98. The van der Waals surface area contributed by atoms with Gasteiger partial charge in [-0.05, 0) is 6.92 Å². The maximum Gasteiger partial charge on any atom is 0.422 e. The molecule has 0 unspecified atom stereocenters. The number of hydrogen-bond donors (Lipinski definition) is 1. The lowest BCUT2D eigenvalue weighted by Crippen LogP contribution is -2.25. The zero-order chi connectivity index (χ0) is 14.8. The molecule has 0 spiro atoms. The summed E-state index contributed by atoms with van der Waals surface area (Å²) in [5.41, 5.74) is -6.14. The molecule has 1 aromatic rings. The van der Waals surface area contributed by atoms with E-state index in [-0.39, 0.29) is 12.7 Å². The van der Waals surface area contributed by atoms with Crippen molar-refractivity contribution in [2.75, 3.05) is 6.61 Å². The molecule has 1 heterocycles. The summed E-state index contributed by atoms with van der Waals surface area (Å²) in [6, 6.07) is 0.284. The Kier molecular flexibility index (Phi) is 4.28. The van der Waals surface area contributed by atoms with E-state index >= 15 is 0 Å². The number of halogens is 5. The lowest BCUT2D eigenvalue weighted by atomic mass is 10.1. The summed E-state index contributed by atoms with van der Waals surface area (Å²) in [4.78, 5) is 24.1. The Balaban J connectivity index is 3.47. The first-order valence-electron chi connectivity index (χ1n) is 4.98. The van der Waals surface area contributed by atoms with Gasteiger partial charge in [0.15, 0.2) is 5.43 Å². The predicted molar refractivity (Wildman–Crippen MR) is 53.0 cm³/mol. The van der Waals surface area contributed by atoms with Gasteiger partial charge < -0.3 is 9.72 Å². The zero-order valence-corrected chi connectivity index (χ0v) is 9.48. The molecular formula is C10H8F5NO3. The van der Waals surface area contributed by atoms with E-state index in [2.05, 4.69) is 4.74 Å². The van der Waals surface area contributed by atoms with Crippen LogP contribution in [-0.4, -0.2) is 17.6 Å². The minimum Gasteiger partial charge on any atom is -0.461 e. The molecule has 0 amide bonds. The van der Waals surface area contributed by atoms with Gasteiger partial charge in [-0.2, -0.15) is 13.2 Å². The van der Waals surface area contributed by atoms with Gasteiger partial charge in [0.05, 0.1) is 12.3 Å². The van der Waals surface area contributed by atoms with Crippen LogP contribution in [-0.2, 0) is 10.9 Å². The number of H-pyrrole nitrogens is 1. The minimum atomic E-state index is -5.24. The number of rotatable bonds is 3. The Labute approximate surface area is 103 Å². The molecule has 0 aliphatic carbocycles. The Morgan fingerprint density at radius 2 is 2.00 bits per heavy atom. The number of hydrogen-bond acceptors (Lipinski definition) is 3. The van der Waals surface area contributed by atoms with Gasteiger partial charge in [-0.25, -0.2) is 13.6 Å². The molecule has 0 radical (unpaired) electrons. The fourth-order valence-electron chi connectivity index (χ4n) is 1.35. The smallest absolute Gasteiger partial charge is 0.422 e. The van der Waals surface area contributed by atoms with E-state index in [9.17, 15) is 31.5 Å². The fraction of sp³-hybridized carbons (Fsp3) is 0.400. The van der Waals surface area contributed by atoms with Crippen LogP contribution >= 0.6 is 0 Å². The topological polar surface area (TPSA) is 59.2 Å². The third-order valence-corrected chi connectivity index (χ3v) is 2.06. The number of carbonyl (C=O) groups is 1. The van der Waals surface area contributed by atoms with E-state index < -0.39 is 41.0 Å². The number of pyridine rings is 1. The Hall–Kier alpha value is -1.93. The highest BCUT2D eigenvalue weighted by atomic mass is 19.4. The summed E-state index contributed by atoms with van der Waals surface area (Å²) in [5.74, 6) is -1.18. The van der Waals surface area contributed by atoms with Crippen LogP contribution in [0.4, 0.5) is 22.0 Å². The van der Waals surface area contributed by atoms with Crippen LogP contribution in [0.15, 0.2) is 10.9 Å². The first kappa shape index (κ1) is 15.1. The largest absolute Gasteiger partial charge is 0.461 e. The number of carbonyl (C=O) groups excluding carboxylic acids is 1. The van der Waals surface area contributed by atoms with Crippen molar-refractivity contribution in [2.24, 2.45) is 0 Å². The van der Waals surface area contributed by atoms with Crippen LogP contribution in [0.25, 0.3) is 0 Å². The molecule has 0 atom stereocenters. The summed E-state index contributed by atoms with van der Waals surface area (Å²) < 4.78 is 66.9. The Morgan fingerprint density at radius 1 is 1.42 bits per heavy atom. The van der Waals surface area contributed by atoms with Gasteiger partial charge in [-0.3, -0.25) is 4.79 Å². The van der Waals surface area contributed by atoms with E-state index in [0.29, 0.717) is 0 Å². The van der Waals surface area contributed by atoms with Gasteiger partial charge in [0, 0.05) is 6.07 Å². The zero-order valence-electron chi connectivity index (χ0n) is 9.48. The number of alkyl halides is 5. The van der Waals surface area contributed by atoms with E-state index in [0.717, 1.165) is 0 Å². The van der Waals surface area contributed by atoms with E-state index in [1.54, 1.807) is 4.98 Å². The van der Waals surface area contributed by atoms with Crippen molar-refractivity contribution in [1.82, 2.24) is 4.98 Å². The van der Waals surface area contributed by atoms with Crippen molar-refractivity contribution in [3.05, 3.63) is 33.2 Å². The average molecular weight is 285 g/mol. The molecule has 1 aromatic heterocycles. The SMILES string of the molecule is CCOC(=O)c1cc(=O)c(C(F)(F)F)c(C(F)F)[nH]1. The second-order valence-electron chi connectivity index (χ2n) is 3.35. The lowest BCUT2D eigenvalue weighted by molar-refractivity contribution is -0.140. The highest BCUT2D eigenvalue weighted by Gasteiger charge is 2.39. The molecule has 19 heavy (non-hydrogen) atoms. The summed E-state index contributed by atoms with van der Waals surface area (Å²) in [5, 5.41) is 0. The van der Waals surface area contributed by atoms with Crippen molar-refractivity contribution < 1.29 is 31.5 Å². The number of aromatic nitrogens is 1. The highest BCUT2D eigenvalue weighted by Crippen LogP contribution is 2.33. The lowest BCUT2D eigenvalue weighted by Gasteiger charge is -2.12. The van der Waals surface area contributed by atoms with Crippen LogP contribution in [0.2, 0.25) is 0 Å². The normalized spacial score (nSPS) is 11.7. The molecule has 9 heteroatoms. The van der Waals surface area contributed by atoms with Gasteiger partial charge in [-0.1, -0.05) is 0 Å². The first-order chi connectivity index (χ1) is 8.68. The number of aromatic amines is 1. The van der Waals surface area contributed by atoms with Crippen molar-refractivity contribution in [2.45, 2.75) is 19.5 Å². The van der Waals surface area contributed by atoms with E-state index in [1.165, 1.54) is 6.92 Å². The molecule has 4 nitrogen and oxygen atoms in total. The maximum atomic E-state index is 12.5. The summed E-state index contributed by atoms with van der Waals surface area (Å²) in [6.45, 7) is 1.29. The number of esters is 1. The van der Waals surface area contributed by atoms with Gasteiger partial charge in [-0.15, -0.1) is 0 Å². The third kappa shape index (κ3) is 3.30. The molecule has 0 saturated carbocycles. The average Bonchev–Trinajstić information content (AvgIpc) is 2.26. The van der Waals surface area contributed by atoms with Crippen molar-refractivity contribution >= 4 is 5.97 Å². The van der Waals surface area contributed by atoms with Crippen molar-refractivity contribution in [1.29, 1.82) is 0 Å². The summed E-state index contributed by atoms with van der Waals surface area (Å²) in [7, 11) is 0. The van der Waals surface area contributed by atoms with Gasteiger partial charge in [0.25, 0.3) is 6.43 Å². The van der Waals surface area contributed by atoms with Gasteiger partial charge in [0.2, 0.25) is 0 Å². The molecular weight excluding hydrogens is 277 g/mol. The van der Waals surface area contributed by atoms with Crippen LogP contribution in [0.3, 0.4) is 0 Å². The molecule has 0 fully saturated rings. The quantitative estimate of drug-likeness (QED) is 0.685. The fourth-order valence-corrected chi connectivity index (χ4v) is 1.35. The molecule has 0 aliphatic rings. The summed E-state index contributed by atoms with van der Waals surface area (Å²) in [6.07, 6.45) is -8.83. The number of nitrogens with one attached hydrogen (secondary N) is 1. The Morgan fingerprint density at radius 3 is 2.42 bits per heavy atom. The third-order valence-electron chi connectivity index (χ3n) is 2.06. The van der Waals surface area contributed by atoms with Crippen molar-refractivity contribution in [3.63, 3.8) is 0 Å². The van der Waals surface area contributed by atoms with Crippen LogP contribution in [0.1, 0.15) is 35.1 Å². The molecule has 0 bridgehead atoms. The van der Waals surface area contributed by atoms with Crippen LogP contribution in [0, 0.1) is 0 Å². The molecule has 0 aliphatic heterocycles. The van der Waals surface area contributed by atoms with Gasteiger partial charge >= 0.3 is 12.1 Å². The standard InChI is InChI=1S/C10H8F5NO3/c1-2-19-9(18)4-3-5(17)6(10(13,14)15)7(16-4)8(11)12/h3,8H,2H2,1H3,(H,16,17). The monoisotopic (exact) mass is 285 g/mol. The molecule has 0 aromatic carbocycles. The molecule has 106 valence electrons. The Bertz CT molecular complexity index is 535. The molecule has 1 N–H and O–H groups in total.